The summed E-state index contributed by atoms with van der Waals surface area (Å²) in [6.45, 7) is 5.81. The molecule has 0 bridgehead atoms. The van der Waals surface area contributed by atoms with E-state index in [1.54, 1.807) is 35.0 Å². The molecule has 38 heavy (non-hydrogen) atoms. The van der Waals surface area contributed by atoms with E-state index in [2.05, 4.69) is 5.32 Å². The lowest BCUT2D eigenvalue weighted by atomic mass is 9.92. The minimum atomic E-state index is -0.803. The number of amides is 1. The van der Waals surface area contributed by atoms with Crippen molar-refractivity contribution in [1.29, 1.82) is 0 Å². The van der Waals surface area contributed by atoms with Crippen molar-refractivity contribution in [1.82, 2.24) is 10.2 Å². The molecule has 206 valence electrons. The summed E-state index contributed by atoms with van der Waals surface area (Å²) in [6, 6.07) is 11.3. The molecule has 0 saturated heterocycles. The van der Waals surface area contributed by atoms with E-state index in [9.17, 15) is 14.4 Å². The summed E-state index contributed by atoms with van der Waals surface area (Å²) in [5.74, 6) is -0.0927. The molecule has 0 fully saturated rings. The van der Waals surface area contributed by atoms with Crippen LogP contribution in [0, 0.1) is 0 Å². The second kappa shape index (κ2) is 13.8. The van der Waals surface area contributed by atoms with E-state index in [1.807, 2.05) is 42.5 Å². The van der Waals surface area contributed by atoms with E-state index < -0.39 is 30.1 Å². The number of carbonyl (C=O) groups is 3. The quantitative estimate of drug-likeness (QED) is 0.421. The van der Waals surface area contributed by atoms with Crippen molar-refractivity contribution < 1.29 is 33.3 Å². The van der Waals surface area contributed by atoms with Crippen molar-refractivity contribution in [3.8, 4) is 11.5 Å². The van der Waals surface area contributed by atoms with Crippen LogP contribution in [-0.4, -0.2) is 68.3 Å². The third-order valence-electron chi connectivity index (χ3n) is 6.63. The molecule has 9 heteroatoms. The van der Waals surface area contributed by atoms with Gasteiger partial charge in [-0.05, 0) is 62.4 Å². The first-order valence-corrected chi connectivity index (χ1v) is 13.0. The third-order valence-corrected chi connectivity index (χ3v) is 6.63. The number of nitrogens with zero attached hydrogens (tertiary/aromatic N) is 1. The lowest BCUT2D eigenvalue weighted by Gasteiger charge is -2.37. The topological polar surface area (TPSA) is 103 Å². The highest BCUT2D eigenvalue weighted by Gasteiger charge is 2.38. The van der Waals surface area contributed by atoms with Crippen LogP contribution >= 0.6 is 0 Å². The van der Waals surface area contributed by atoms with Crippen molar-refractivity contribution >= 4 is 17.8 Å². The maximum atomic E-state index is 13.7. The summed E-state index contributed by atoms with van der Waals surface area (Å²) < 4.78 is 21.5. The maximum absolute atomic E-state index is 13.7. The molecule has 3 rings (SSSR count). The standard InChI is InChI=1S/C29H38N2O7/c1-6-37-28(33)23(14-13-20-11-9-8-10-12-20)30-19(3)27(32)31-18-22-17-26(36-5)25(35-4)16-21(22)15-24(31)29(34)38-7-2/h8-12,16-17,19,23-24,30H,6-7,13-15,18H2,1-5H3/t19-,23-,24-/m0/s1. The minimum Gasteiger partial charge on any atom is -0.493 e. The van der Waals surface area contributed by atoms with E-state index in [1.165, 1.54) is 4.90 Å². The first-order chi connectivity index (χ1) is 18.3. The van der Waals surface area contributed by atoms with E-state index in [0.717, 1.165) is 16.7 Å². The number of ether oxygens (including phenoxy) is 4. The summed E-state index contributed by atoms with van der Waals surface area (Å²) in [6.07, 6.45) is 1.38. The fourth-order valence-corrected chi connectivity index (χ4v) is 4.68. The highest BCUT2D eigenvalue weighted by Crippen LogP contribution is 2.35. The fraction of sp³-hybridized carbons (Fsp3) is 0.483. The maximum Gasteiger partial charge on any atom is 0.329 e. The number of hydrogen-bond donors (Lipinski definition) is 1. The van der Waals surface area contributed by atoms with Crippen molar-refractivity contribution in [2.75, 3.05) is 27.4 Å². The lowest BCUT2D eigenvalue weighted by molar-refractivity contribution is -0.157. The Kier molecular flexibility index (Phi) is 10.5. The Morgan fingerprint density at radius 2 is 1.61 bits per heavy atom. The Balaban J connectivity index is 1.83. The number of carbonyl (C=O) groups excluding carboxylic acids is 3. The number of benzene rings is 2. The SMILES string of the molecule is CCOC(=O)[C@H](CCc1ccccc1)N[C@@H](C)C(=O)N1Cc2cc(OC)c(OC)cc2C[C@H]1C(=O)OCC. The molecule has 2 aromatic rings. The molecule has 0 spiro atoms. The summed E-state index contributed by atoms with van der Waals surface area (Å²) in [4.78, 5) is 40.9. The highest BCUT2D eigenvalue weighted by atomic mass is 16.5. The molecule has 0 aliphatic carbocycles. The molecular weight excluding hydrogens is 488 g/mol. The first-order valence-electron chi connectivity index (χ1n) is 13.0. The van der Waals surface area contributed by atoms with Crippen molar-refractivity contribution in [2.24, 2.45) is 0 Å². The fourth-order valence-electron chi connectivity index (χ4n) is 4.68. The van der Waals surface area contributed by atoms with Crippen LogP contribution in [0.3, 0.4) is 0 Å². The van der Waals surface area contributed by atoms with Crippen LogP contribution in [0.2, 0.25) is 0 Å². The molecular formula is C29H38N2O7. The number of rotatable bonds is 12. The van der Waals surface area contributed by atoms with Gasteiger partial charge in [-0.25, -0.2) is 4.79 Å². The van der Waals surface area contributed by atoms with Crippen LogP contribution in [0.1, 0.15) is 43.9 Å². The van der Waals surface area contributed by atoms with Gasteiger partial charge in [0.25, 0.3) is 0 Å². The summed E-state index contributed by atoms with van der Waals surface area (Å²) in [5.41, 5.74) is 2.83. The number of methoxy groups -OCH3 is 2. The van der Waals surface area contributed by atoms with Gasteiger partial charge in [-0.2, -0.15) is 0 Å². The van der Waals surface area contributed by atoms with Crippen LogP contribution in [-0.2, 0) is 43.2 Å². The molecule has 1 aliphatic rings. The average molecular weight is 527 g/mol. The predicted octanol–water partition coefficient (Wildman–Crippen LogP) is 3.06. The van der Waals surface area contributed by atoms with Crippen molar-refractivity contribution in [2.45, 2.75) is 64.7 Å². The summed E-state index contributed by atoms with van der Waals surface area (Å²) in [5, 5.41) is 3.16. The first kappa shape index (κ1) is 29.0. The predicted molar refractivity (Wildman–Crippen MR) is 142 cm³/mol. The number of esters is 2. The molecule has 0 aromatic heterocycles. The van der Waals surface area contributed by atoms with Gasteiger partial charge in [0.2, 0.25) is 5.91 Å². The van der Waals surface area contributed by atoms with Gasteiger partial charge in [0.05, 0.1) is 33.5 Å². The van der Waals surface area contributed by atoms with Crippen molar-refractivity contribution in [3.05, 3.63) is 59.2 Å². The zero-order chi connectivity index (χ0) is 27.7. The van der Waals surface area contributed by atoms with Crippen LogP contribution in [0.25, 0.3) is 0 Å². The third kappa shape index (κ3) is 7.04. The van der Waals surface area contributed by atoms with Gasteiger partial charge >= 0.3 is 11.9 Å². The van der Waals surface area contributed by atoms with Gasteiger partial charge in [-0.15, -0.1) is 0 Å². The van der Waals surface area contributed by atoms with Crippen LogP contribution in [0.15, 0.2) is 42.5 Å². The molecule has 1 N–H and O–H groups in total. The minimum absolute atomic E-state index is 0.193. The Labute approximate surface area is 224 Å². The molecule has 9 nitrogen and oxygen atoms in total. The molecule has 1 amide bonds. The molecule has 0 unspecified atom stereocenters. The number of aryl methyl sites for hydroxylation is 1. The Bertz CT molecular complexity index is 1110. The van der Waals surface area contributed by atoms with Gasteiger partial charge in [0, 0.05) is 13.0 Å². The number of fused-ring (bicyclic) bond motifs is 1. The number of nitrogens with one attached hydrogen (secondary N) is 1. The smallest absolute Gasteiger partial charge is 0.329 e. The zero-order valence-electron chi connectivity index (χ0n) is 22.8. The second-order valence-electron chi connectivity index (χ2n) is 9.13. The Hall–Kier alpha value is -3.59. The summed E-state index contributed by atoms with van der Waals surface area (Å²) in [7, 11) is 3.10. The van der Waals surface area contributed by atoms with Gasteiger partial charge < -0.3 is 23.8 Å². The zero-order valence-corrected chi connectivity index (χ0v) is 22.8. The normalized spacial score (nSPS) is 16.1. The van der Waals surface area contributed by atoms with Crippen molar-refractivity contribution in [3.63, 3.8) is 0 Å². The Morgan fingerprint density at radius 1 is 0.974 bits per heavy atom. The van der Waals surface area contributed by atoms with Crippen LogP contribution < -0.4 is 14.8 Å². The van der Waals surface area contributed by atoms with Gasteiger partial charge in [0.15, 0.2) is 11.5 Å². The Morgan fingerprint density at radius 3 is 2.21 bits per heavy atom. The van der Waals surface area contributed by atoms with E-state index in [4.69, 9.17) is 18.9 Å². The van der Waals surface area contributed by atoms with E-state index >= 15 is 0 Å². The number of hydrogen-bond acceptors (Lipinski definition) is 8. The highest BCUT2D eigenvalue weighted by molar-refractivity contribution is 5.89. The van der Waals surface area contributed by atoms with E-state index in [-0.39, 0.29) is 32.1 Å². The van der Waals surface area contributed by atoms with Gasteiger partial charge in [-0.3, -0.25) is 14.9 Å². The van der Waals surface area contributed by atoms with Gasteiger partial charge in [-0.1, -0.05) is 30.3 Å². The van der Waals surface area contributed by atoms with E-state index in [0.29, 0.717) is 24.3 Å². The molecule has 3 atom stereocenters. The molecule has 0 radical (unpaired) electrons. The molecule has 2 aromatic carbocycles. The largest absolute Gasteiger partial charge is 0.493 e. The monoisotopic (exact) mass is 526 g/mol. The molecule has 1 aliphatic heterocycles. The average Bonchev–Trinajstić information content (AvgIpc) is 2.93. The second-order valence-corrected chi connectivity index (χ2v) is 9.13. The van der Waals surface area contributed by atoms with Gasteiger partial charge in [0.1, 0.15) is 12.1 Å². The summed E-state index contributed by atoms with van der Waals surface area (Å²) >= 11 is 0. The van der Waals surface area contributed by atoms with Crippen LogP contribution in [0.4, 0.5) is 0 Å². The molecule has 0 saturated carbocycles. The van der Waals surface area contributed by atoms with Crippen LogP contribution in [0.5, 0.6) is 11.5 Å². The lowest BCUT2D eigenvalue weighted by Crippen LogP contribution is -2.56. The molecule has 1 heterocycles.